The highest BCUT2D eigenvalue weighted by Crippen LogP contribution is 2.41. The zero-order valence-corrected chi connectivity index (χ0v) is 16.1. The number of nitrogens with zero attached hydrogens (tertiary/aromatic N) is 4. The van der Waals surface area contributed by atoms with Crippen LogP contribution in [0.25, 0.3) is 0 Å². The average molecular weight is 391 g/mol. The zero-order chi connectivity index (χ0) is 20.0. The number of hydrogen-bond acceptors (Lipinski definition) is 7. The molecule has 0 unspecified atom stereocenters. The molecule has 1 aromatic heterocycles. The van der Waals surface area contributed by atoms with Crippen molar-refractivity contribution < 1.29 is 10.1 Å². The molecule has 6 N–H and O–H groups in total. The Balaban J connectivity index is 1.32. The van der Waals surface area contributed by atoms with Crippen LogP contribution in [-0.2, 0) is 13.1 Å². The highest BCUT2D eigenvalue weighted by atomic mass is 16.5. The van der Waals surface area contributed by atoms with Crippen LogP contribution in [0.5, 0.6) is 5.75 Å². The van der Waals surface area contributed by atoms with Crippen molar-refractivity contribution in [1.82, 2.24) is 15.3 Å². The Morgan fingerprint density at radius 2 is 2.21 bits per heavy atom. The fraction of sp³-hybridized carbons (Fsp3) is 0.350. The molecule has 0 saturated heterocycles. The summed E-state index contributed by atoms with van der Waals surface area (Å²) in [5.41, 5.74) is 9.75. The van der Waals surface area contributed by atoms with E-state index in [0.717, 1.165) is 43.0 Å². The lowest BCUT2D eigenvalue weighted by Crippen LogP contribution is -2.95. The molecular weight excluding hydrogens is 368 g/mol. The highest BCUT2D eigenvalue weighted by Gasteiger charge is 2.36. The van der Waals surface area contributed by atoms with Gasteiger partial charge >= 0.3 is 5.96 Å². The van der Waals surface area contributed by atoms with Gasteiger partial charge in [-0.3, -0.25) is 5.41 Å². The van der Waals surface area contributed by atoms with E-state index >= 15 is 0 Å². The largest absolute Gasteiger partial charge is 0.494 e. The fourth-order valence-electron chi connectivity index (χ4n) is 4.02. The molecule has 1 aliphatic carbocycles. The number of para-hydroxylation sites is 1. The van der Waals surface area contributed by atoms with Crippen molar-refractivity contribution in [2.75, 3.05) is 7.11 Å². The maximum absolute atomic E-state index is 8.49. The minimum absolute atomic E-state index is 0.102. The SMILES string of the molecule is COc1cccc2c1N=C(N)[NH2+]C2=NC(=N)C1CC(c2ncc3c(n2)CNC3)C1. The molecule has 29 heavy (non-hydrogen) atoms. The van der Waals surface area contributed by atoms with Gasteiger partial charge < -0.3 is 15.8 Å². The number of nitrogens with two attached hydrogens (primary N) is 2. The fourth-order valence-corrected chi connectivity index (χ4v) is 4.02. The van der Waals surface area contributed by atoms with Gasteiger partial charge in [-0.2, -0.15) is 9.98 Å². The molecule has 1 saturated carbocycles. The van der Waals surface area contributed by atoms with Crippen LogP contribution in [0.1, 0.15) is 41.4 Å². The average Bonchev–Trinajstić information content (AvgIpc) is 3.14. The lowest BCUT2D eigenvalue weighted by Gasteiger charge is -2.33. The van der Waals surface area contributed by atoms with E-state index in [9.17, 15) is 0 Å². The molecule has 0 spiro atoms. The van der Waals surface area contributed by atoms with E-state index in [1.165, 1.54) is 5.56 Å². The number of guanidine groups is 1. The van der Waals surface area contributed by atoms with Crippen LogP contribution in [0.15, 0.2) is 34.4 Å². The Labute approximate surface area is 168 Å². The lowest BCUT2D eigenvalue weighted by molar-refractivity contribution is -0.409. The van der Waals surface area contributed by atoms with Crippen molar-refractivity contribution in [1.29, 1.82) is 5.41 Å². The van der Waals surface area contributed by atoms with Gasteiger partial charge in [0, 0.05) is 36.7 Å². The third kappa shape index (κ3) is 3.18. The van der Waals surface area contributed by atoms with Crippen LogP contribution in [0, 0.1) is 11.3 Å². The van der Waals surface area contributed by atoms with E-state index in [1.54, 1.807) is 12.4 Å². The molecule has 3 heterocycles. The summed E-state index contributed by atoms with van der Waals surface area (Å²) in [7, 11) is 1.60. The second kappa shape index (κ2) is 7.02. The van der Waals surface area contributed by atoms with Gasteiger partial charge in [0.2, 0.25) is 5.84 Å². The molecule has 2 aromatic rings. The summed E-state index contributed by atoms with van der Waals surface area (Å²) < 4.78 is 5.39. The van der Waals surface area contributed by atoms with Gasteiger partial charge in [-0.15, -0.1) is 0 Å². The van der Waals surface area contributed by atoms with Crippen LogP contribution in [-0.4, -0.2) is 34.7 Å². The first kappa shape index (κ1) is 17.9. The highest BCUT2D eigenvalue weighted by molar-refractivity contribution is 6.09. The molecule has 0 bridgehead atoms. The first-order valence-corrected chi connectivity index (χ1v) is 9.71. The van der Waals surface area contributed by atoms with Crippen LogP contribution in [0.2, 0.25) is 0 Å². The van der Waals surface area contributed by atoms with Crippen molar-refractivity contribution >= 4 is 23.3 Å². The molecule has 148 valence electrons. The third-order valence-electron chi connectivity index (χ3n) is 5.73. The number of fused-ring (bicyclic) bond motifs is 2. The molecule has 5 rings (SSSR count). The van der Waals surface area contributed by atoms with Crippen molar-refractivity contribution in [3.8, 4) is 5.75 Å². The van der Waals surface area contributed by atoms with Crippen molar-refractivity contribution in [2.45, 2.75) is 31.8 Å². The predicted molar refractivity (Wildman–Crippen MR) is 109 cm³/mol. The second-order valence-electron chi connectivity index (χ2n) is 7.59. The Hall–Kier alpha value is -3.17. The number of ether oxygens (including phenoxy) is 1. The number of amidine groups is 2. The number of hydrogen-bond donors (Lipinski definition) is 4. The molecule has 2 aliphatic heterocycles. The Morgan fingerprint density at radius 3 is 3.03 bits per heavy atom. The quantitative estimate of drug-likeness (QED) is 0.447. The summed E-state index contributed by atoms with van der Waals surface area (Å²) in [5.74, 6) is 3.30. The summed E-state index contributed by atoms with van der Waals surface area (Å²) in [5, 5.41) is 13.5. The minimum atomic E-state index is 0.102. The van der Waals surface area contributed by atoms with Crippen LogP contribution >= 0.6 is 0 Å². The van der Waals surface area contributed by atoms with Crippen molar-refractivity contribution in [3.63, 3.8) is 0 Å². The number of benzene rings is 1. The molecule has 9 nitrogen and oxygen atoms in total. The summed E-state index contributed by atoms with van der Waals surface area (Å²) in [6, 6.07) is 5.65. The lowest BCUT2D eigenvalue weighted by atomic mass is 9.73. The van der Waals surface area contributed by atoms with E-state index in [1.807, 2.05) is 24.4 Å². The second-order valence-corrected chi connectivity index (χ2v) is 7.59. The van der Waals surface area contributed by atoms with E-state index in [2.05, 4.69) is 20.3 Å². The molecule has 0 amide bonds. The normalized spacial score (nSPS) is 23.8. The monoisotopic (exact) mass is 391 g/mol. The smallest absolute Gasteiger partial charge is 0.303 e. The van der Waals surface area contributed by atoms with Crippen molar-refractivity contribution in [3.05, 3.63) is 47.0 Å². The maximum Gasteiger partial charge on any atom is 0.303 e. The molecule has 9 heteroatoms. The molecule has 0 radical (unpaired) electrons. The Morgan fingerprint density at radius 1 is 1.34 bits per heavy atom. The van der Waals surface area contributed by atoms with Gasteiger partial charge in [0.05, 0.1) is 18.4 Å². The van der Waals surface area contributed by atoms with Gasteiger partial charge in [0.1, 0.15) is 23.1 Å². The first-order valence-electron chi connectivity index (χ1n) is 9.71. The summed E-state index contributed by atoms with van der Waals surface area (Å²) >= 11 is 0. The molecule has 0 atom stereocenters. The van der Waals surface area contributed by atoms with Gasteiger partial charge in [0.25, 0.3) is 0 Å². The van der Waals surface area contributed by atoms with Crippen LogP contribution < -0.4 is 21.1 Å². The number of nitrogens with one attached hydrogen (secondary N) is 2. The standard InChI is InChI=1S/C20H22N8O/c1-29-15-4-2-3-13-16(15)26-20(22)28-19(13)27-17(21)10-5-11(6-10)18-24-8-12-7-23-9-14(12)25-18/h2-4,8,10-11,23H,5-7,9H2,1H3,(H4,21,22,26,27,28)/p+1. The summed E-state index contributed by atoms with van der Waals surface area (Å²) in [4.78, 5) is 18.2. The number of quaternary nitrogens is 1. The minimum Gasteiger partial charge on any atom is -0.494 e. The van der Waals surface area contributed by atoms with Crippen LogP contribution in [0.4, 0.5) is 5.69 Å². The van der Waals surface area contributed by atoms with Gasteiger partial charge in [-0.25, -0.2) is 15.3 Å². The summed E-state index contributed by atoms with van der Waals surface area (Å²) in [6.45, 7) is 1.66. The number of aliphatic imine (C=N–C) groups is 2. The first-order chi connectivity index (χ1) is 14.1. The van der Waals surface area contributed by atoms with E-state index < -0.39 is 0 Å². The molecule has 3 aliphatic rings. The Kier molecular flexibility index (Phi) is 4.33. The summed E-state index contributed by atoms with van der Waals surface area (Å²) in [6.07, 6.45) is 3.62. The van der Waals surface area contributed by atoms with E-state index in [0.29, 0.717) is 35.0 Å². The van der Waals surface area contributed by atoms with E-state index in [-0.39, 0.29) is 5.92 Å². The van der Waals surface area contributed by atoms with Crippen molar-refractivity contribution in [2.24, 2.45) is 21.6 Å². The Bertz CT molecular complexity index is 1050. The topological polar surface area (TPSA) is 138 Å². The molecular formula is C20H23N8O+. The van der Waals surface area contributed by atoms with Gasteiger partial charge in [-0.05, 0) is 25.0 Å². The maximum atomic E-state index is 8.49. The number of aromatic nitrogens is 2. The number of rotatable bonds is 3. The molecule has 1 aromatic carbocycles. The zero-order valence-electron chi connectivity index (χ0n) is 16.1. The third-order valence-corrected chi connectivity index (χ3v) is 5.73. The van der Waals surface area contributed by atoms with Crippen LogP contribution in [0.3, 0.4) is 0 Å². The number of methoxy groups -OCH3 is 1. The van der Waals surface area contributed by atoms with Gasteiger partial charge in [0.15, 0.2) is 0 Å². The van der Waals surface area contributed by atoms with Gasteiger partial charge in [-0.1, -0.05) is 6.07 Å². The molecule has 1 fully saturated rings. The van der Waals surface area contributed by atoms with E-state index in [4.69, 9.17) is 20.9 Å². The predicted octanol–water partition coefficient (Wildman–Crippen LogP) is 0.529.